The van der Waals surface area contributed by atoms with E-state index in [2.05, 4.69) is 24.5 Å². The standard InChI is InChI=1S/C12H24N2O2/c1-9(2)7-13-8-10-5-3-4-6-11(10)14-12(15)16/h9-11,13-14H,3-8H2,1-2H3,(H,15,16)/t10-,11-/m0/s1. The monoisotopic (exact) mass is 228 g/mol. The van der Waals surface area contributed by atoms with Crippen LogP contribution in [0.15, 0.2) is 0 Å². The summed E-state index contributed by atoms with van der Waals surface area (Å²) in [5.74, 6) is 1.11. The Morgan fingerprint density at radius 2 is 2.06 bits per heavy atom. The molecule has 0 saturated heterocycles. The third-order valence-corrected chi connectivity index (χ3v) is 3.18. The lowest BCUT2D eigenvalue weighted by Crippen LogP contribution is -2.45. The van der Waals surface area contributed by atoms with Crippen LogP contribution in [0.4, 0.5) is 4.79 Å². The van der Waals surface area contributed by atoms with Crippen molar-refractivity contribution < 1.29 is 9.90 Å². The Morgan fingerprint density at radius 3 is 2.69 bits per heavy atom. The normalized spacial score (nSPS) is 25.7. The first-order valence-corrected chi connectivity index (χ1v) is 6.29. The molecule has 0 aromatic heterocycles. The number of carbonyl (C=O) groups is 1. The summed E-state index contributed by atoms with van der Waals surface area (Å²) >= 11 is 0. The van der Waals surface area contributed by atoms with Crippen molar-refractivity contribution in [1.82, 2.24) is 10.6 Å². The van der Waals surface area contributed by atoms with Gasteiger partial charge in [0.15, 0.2) is 0 Å². The molecule has 0 unspecified atom stereocenters. The fourth-order valence-corrected chi connectivity index (χ4v) is 2.36. The second-order valence-electron chi connectivity index (χ2n) is 5.15. The number of hydrogen-bond donors (Lipinski definition) is 3. The molecular weight excluding hydrogens is 204 g/mol. The van der Waals surface area contributed by atoms with Crippen molar-refractivity contribution in [1.29, 1.82) is 0 Å². The second kappa shape index (κ2) is 6.74. The maximum atomic E-state index is 10.7. The topological polar surface area (TPSA) is 61.4 Å². The number of nitrogens with one attached hydrogen (secondary N) is 2. The van der Waals surface area contributed by atoms with E-state index in [1.54, 1.807) is 0 Å². The zero-order chi connectivity index (χ0) is 12.0. The Morgan fingerprint density at radius 1 is 1.38 bits per heavy atom. The molecule has 1 aliphatic rings. The van der Waals surface area contributed by atoms with Gasteiger partial charge in [-0.15, -0.1) is 0 Å². The lowest BCUT2D eigenvalue weighted by Gasteiger charge is -2.31. The lowest BCUT2D eigenvalue weighted by molar-refractivity contribution is 0.174. The van der Waals surface area contributed by atoms with Crippen LogP contribution >= 0.6 is 0 Å². The molecule has 3 N–H and O–H groups in total. The number of rotatable bonds is 5. The van der Waals surface area contributed by atoms with Gasteiger partial charge in [0.1, 0.15) is 0 Å². The molecule has 1 amide bonds. The maximum Gasteiger partial charge on any atom is 0.404 e. The summed E-state index contributed by atoms with van der Waals surface area (Å²) in [5, 5.41) is 14.8. The predicted octanol–water partition coefficient (Wildman–Crippen LogP) is 2.06. The molecule has 1 aliphatic carbocycles. The molecule has 0 aromatic carbocycles. The van der Waals surface area contributed by atoms with E-state index >= 15 is 0 Å². The molecule has 1 fully saturated rings. The molecule has 0 heterocycles. The molecule has 1 saturated carbocycles. The van der Waals surface area contributed by atoms with Gasteiger partial charge in [-0.05, 0) is 37.8 Å². The Balaban J connectivity index is 2.31. The summed E-state index contributed by atoms with van der Waals surface area (Å²) in [5.41, 5.74) is 0. The summed E-state index contributed by atoms with van der Waals surface area (Å²) in [7, 11) is 0. The van der Waals surface area contributed by atoms with Crippen LogP contribution in [0.3, 0.4) is 0 Å². The van der Waals surface area contributed by atoms with Crippen molar-refractivity contribution >= 4 is 6.09 Å². The average Bonchev–Trinajstić information content (AvgIpc) is 2.19. The van der Waals surface area contributed by atoms with Gasteiger partial charge in [0.25, 0.3) is 0 Å². The third-order valence-electron chi connectivity index (χ3n) is 3.18. The van der Waals surface area contributed by atoms with Crippen LogP contribution in [0.25, 0.3) is 0 Å². The maximum absolute atomic E-state index is 10.7. The fraction of sp³-hybridized carbons (Fsp3) is 0.917. The zero-order valence-corrected chi connectivity index (χ0v) is 10.3. The molecule has 0 bridgehead atoms. The number of amides is 1. The highest BCUT2D eigenvalue weighted by Crippen LogP contribution is 2.23. The van der Waals surface area contributed by atoms with E-state index in [1.165, 1.54) is 6.42 Å². The van der Waals surface area contributed by atoms with Gasteiger partial charge in [-0.3, -0.25) is 0 Å². The van der Waals surface area contributed by atoms with E-state index in [4.69, 9.17) is 5.11 Å². The van der Waals surface area contributed by atoms with Gasteiger partial charge in [-0.2, -0.15) is 0 Å². The Kier molecular flexibility index (Phi) is 5.60. The molecule has 4 nitrogen and oxygen atoms in total. The van der Waals surface area contributed by atoms with E-state index in [9.17, 15) is 4.79 Å². The van der Waals surface area contributed by atoms with E-state index in [1.807, 2.05) is 0 Å². The summed E-state index contributed by atoms with van der Waals surface area (Å²) in [6.07, 6.45) is 3.61. The van der Waals surface area contributed by atoms with Gasteiger partial charge in [-0.25, -0.2) is 4.79 Å². The predicted molar refractivity (Wildman–Crippen MR) is 64.6 cm³/mol. The minimum Gasteiger partial charge on any atom is -0.465 e. The average molecular weight is 228 g/mol. The minimum absolute atomic E-state index is 0.144. The highest BCUT2D eigenvalue weighted by molar-refractivity contribution is 5.64. The highest BCUT2D eigenvalue weighted by Gasteiger charge is 2.25. The largest absolute Gasteiger partial charge is 0.465 e. The molecule has 16 heavy (non-hydrogen) atoms. The zero-order valence-electron chi connectivity index (χ0n) is 10.3. The van der Waals surface area contributed by atoms with Crippen LogP contribution in [0.5, 0.6) is 0 Å². The van der Waals surface area contributed by atoms with Crippen LogP contribution in [-0.2, 0) is 0 Å². The Labute approximate surface area is 97.8 Å². The molecule has 4 heteroatoms. The summed E-state index contributed by atoms with van der Waals surface area (Å²) in [6.45, 7) is 6.31. The van der Waals surface area contributed by atoms with Crippen molar-refractivity contribution in [3.8, 4) is 0 Å². The van der Waals surface area contributed by atoms with Crippen molar-refractivity contribution in [3.05, 3.63) is 0 Å². The fourth-order valence-electron chi connectivity index (χ4n) is 2.36. The molecule has 1 rings (SSSR count). The van der Waals surface area contributed by atoms with Crippen molar-refractivity contribution in [2.45, 2.75) is 45.6 Å². The van der Waals surface area contributed by atoms with E-state index in [0.29, 0.717) is 11.8 Å². The lowest BCUT2D eigenvalue weighted by atomic mass is 9.84. The van der Waals surface area contributed by atoms with E-state index in [-0.39, 0.29) is 6.04 Å². The Hall–Kier alpha value is -0.770. The van der Waals surface area contributed by atoms with Gasteiger partial charge in [0, 0.05) is 6.04 Å². The third kappa shape index (κ3) is 4.84. The summed E-state index contributed by atoms with van der Waals surface area (Å²) in [6, 6.07) is 0.144. The number of carboxylic acid groups (broad SMARTS) is 1. The van der Waals surface area contributed by atoms with Gasteiger partial charge >= 0.3 is 6.09 Å². The molecule has 0 aliphatic heterocycles. The van der Waals surface area contributed by atoms with Crippen molar-refractivity contribution in [2.75, 3.05) is 13.1 Å². The van der Waals surface area contributed by atoms with Crippen molar-refractivity contribution in [2.24, 2.45) is 11.8 Å². The van der Waals surface area contributed by atoms with Crippen LogP contribution < -0.4 is 10.6 Å². The number of hydrogen-bond acceptors (Lipinski definition) is 2. The summed E-state index contributed by atoms with van der Waals surface area (Å²) in [4.78, 5) is 10.7. The highest BCUT2D eigenvalue weighted by atomic mass is 16.4. The molecule has 0 radical (unpaired) electrons. The molecule has 94 valence electrons. The second-order valence-corrected chi connectivity index (χ2v) is 5.15. The van der Waals surface area contributed by atoms with Gasteiger partial charge in [0.05, 0.1) is 0 Å². The van der Waals surface area contributed by atoms with E-state index < -0.39 is 6.09 Å². The minimum atomic E-state index is -0.888. The first-order valence-electron chi connectivity index (χ1n) is 6.29. The smallest absolute Gasteiger partial charge is 0.404 e. The molecule has 2 atom stereocenters. The first kappa shape index (κ1) is 13.3. The molecule has 0 spiro atoms. The van der Waals surface area contributed by atoms with Gasteiger partial charge in [0.2, 0.25) is 0 Å². The van der Waals surface area contributed by atoms with Gasteiger partial charge < -0.3 is 15.7 Å². The SMILES string of the molecule is CC(C)CNC[C@@H]1CCCC[C@@H]1NC(=O)O. The first-order chi connectivity index (χ1) is 7.59. The quantitative estimate of drug-likeness (QED) is 0.675. The van der Waals surface area contributed by atoms with Crippen LogP contribution in [0.1, 0.15) is 39.5 Å². The molecular formula is C12H24N2O2. The van der Waals surface area contributed by atoms with E-state index in [0.717, 1.165) is 32.4 Å². The van der Waals surface area contributed by atoms with Crippen LogP contribution in [0.2, 0.25) is 0 Å². The Bertz CT molecular complexity index is 219. The molecule has 0 aromatic rings. The van der Waals surface area contributed by atoms with Gasteiger partial charge in [-0.1, -0.05) is 26.7 Å². The summed E-state index contributed by atoms with van der Waals surface area (Å²) < 4.78 is 0. The van der Waals surface area contributed by atoms with Crippen LogP contribution in [0, 0.1) is 11.8 Å². The van der Waals surface area contributed by atoms with Crippen LogP contribution in [-0.4, -0.2) is 30.3 Å². The van der Waals surface area contributed by atoms with Crippen molar-refractivity contribution in [3.63, 3.8) is 0 Å².